The molecule has 0 aromatic heterocycles. The van der Waals surface area contributed by atoms with Crippen LogP contribution in [0, 0.1) is 18.6 Å². The average molecular weight is 313 g/mol. The molecule has 1 unspecified atom stereocenters. The first-order chi connectivity index (χ1) is 8.50. The van der Waals surface area contributed by atoms with Crippen molar-refractivity contribution < 1.29 is 13.9 Å². The van der Waals surface area contributed by atoms with Gasteiger partial charge in [-0.3, -0.25) is 0 Å². The second kappa shape index (κ2) is 5.16. The molecule has 1 atom stereocenters. The largest absolute Gasteiger partial charge is 0.384 e. The molecule has 0 saturated heterocycles. The normalized spacial score (nSPS) is 12.5. The van der Waals surface area contributed by atoms with Crippen LogP contribution >= 0.6 is 15.9 Å². The van der Waals surface area contributed by atoms with Crippen molar-refractivity contribution in [1.82, 2.24) is 0 Å². The highest BCUT2D eigenvalue weighted by Gasteiger charge is 2.17. The van der Waals surface area contributed by atoms with Gasteiger partial charge in [0.05, 0.1) is 0 Å². The summed E-state index contributed by atoms with van der Waals surface area (Å²) in [4.78, 5) is 0. The molecule has 4 heteroatoms. The Morgan fingerprint density at radius 2 is 1.89 bits per heavy atom. The molecule has 0 spiro atoms. The Bertz CT molecular complexity index is 584. The minimum atomic E-state index is -1.18. The first kappa shape index (κ1) is 13.2. The number of aliphatic hydroxyl groups is 1. The molecule has 0 fully saturated rings. The Morgan fingerprint density at radius 1 is 1.17 bits per heavy atom. The summed E-state index contributed by atoms with van der Waals surface area (Å²) in [6, 6.07) is 8.97. The number of halogens is 3. The monoisotopic (exact) mass is 312 g/mol. The fourth-order valence-electron chi connectivity index (χ4n) is 1.69. The van der Waals surface area contributed by atoms with Gasteiger partial charge in [-0.25, -0.2) is 8.78 Å². The van der Waals surface area contributed by atoms with Crippen LogP contribution in [0.3, 0.4) is 0 Å². The van der Waals surface area contributed by atoms with E-state index in [1.165, 1.54) is 12.1 Å². The predicted octanol–water partition coefficient (Wildman–Crippen LogP) is 4.12. The minimum Gasteiger partial charge on any atom is -0.384 e. The van der Waals surface area contributed by atoms with E-state index in [1.54, 1.807) is 18.2 Å². The lowest BCUT2D eigenvalue weighted by molar-refractivity contribution is 0.213. The van der Waals surface area contributed by atoms with E-state index in [-0.39, 0.29) is 5.56 Å². The molecule has 0 radical (unpaired) electrons. The second-order valence-electron chi connectivity index (χ2n) is 4.05. The van der Waals surface area contributed by atoms with E-state index in [1.807, 2.05) is 6.92 Å². The van der Waals surface area contributed by atoms with Gasteiger partial charge >= 0.3 is 0 Å². The van der Waals surface area contributed by atoms with Crippen LogP contribution in [0.15, 0.2) is 40.9 Å². The van der Waals surface area contributed by atoms with Crippen LogP contribution in [-0.2, 0) is 0 Å². The maximum atomic E-state index is 13.6. The summed E-state index contributed by atoms with van der Waals surface area (Å²) in [6.45, 7) is 1.91. The SMILES string of the molecule is Cc1ccc(C(O)c2cccc(F)c2F)cc1Br. The zero-order valence-corrected chi connectivity index (χ0v) is 11.2. The summed E-state index contributed by atoms with van der Waals surface area (Å²) < 4.78 is 27.5. The fourth-order valence-corrected chi connectivity index (χ4v) is 2.09. The van der Waals surface area contributed by atoms with Crippen LogP contribution in [-0.4, -0.2) is 5.11 Å². The second-order valence-corrected chi connectivity index (χ2v) is 4.91. The third-order valence-corrected chi connectivity index (χ3v) is 3.64. The van der Waals surface area contributed by atoms with E-state index in [2.05, 4.69) is 15.9 Å². The molecule has 2 aromatic rings. The maximum absolute atomic E-state index is 13.6. The Balaban J connectivity index is 2.44. The molecule has 0 amide bonds. The molecule has 0 bridgehead atoms. The number of hydrogen-bond donors (Lipinski definition) is 1. The lowest BCUT2D eigenvalue weighted by Crippen LogP contribution is -2.04. The smallest absolute Gasteiger partial charge is 0.164 e. The molecule has 0 heterocycles. The van der Waals surface area contributed by atoms with Gasteiger partial charge in [0.2, 0.25) is 0 Å². The molecule has 0 saturated carbocycles. The molecule has 94 valence electrons. The van der Waals surface area contributed by atoms with Crippen molar-refractivity contribution >= 4 is 15.9 Å². The summed E-state index contributed by atoms with van der Waals surface area (Å²) in [7, 11) is 0. The molecule has 1 N–H and O–H groups in total. The van der Waals surface area contributed by atoms with Crippen LogP contribution in [0.1, 0.15) is 22.8 Å². The first-order valence-corrected chi connectivity index (χ1v) is 6.18. The van der Waals surface area contributed by atoms with Gasteiger partial charge in [-0.15, -0.1) is 0 Å². The molecule has 2 rings (SSSR count). The Kier molecular flexibility index (Phi) is 3.78. The number of aliphatic hydroxyl groups excluding tert-OH is 1. The number of hydrogen-bond acceptors (Lipinski definition) is 1. The van der Waals surface area contributed by atoms with Gasteiger partial charge in [0.15, 0.2) is 11.6 Å². The van der Waals surface area contributed by atoms with E-state index in [0.29, 0.717) is 5.56 Å². The lowest BCUT2D eigenvalue weighted by Gasteiger charge is -2.13. The molecule has 18 heavy (non-hydrogen) atoms. The third kappa shape index (κ3) is 2.44. The van der Waals surface area contributed by atoms with E-state index >= 15 is 0 Å². The Labute approximate surface area is 112 Å². The zero-order valence-electron chi connectivity index (χ0n) is 9.62. The van der Waals surface area contributed by atoms with Crippen molar-refractivity contribution in [2.45, 2.75) is 13.0 Å². The van der Waals surface area contributed by atoms with Gasteiger partial charge in [0.25, 0.3) is 0 Å². The average Bonchev–Trinajstić information content (AvgIpc) is 2.35. The van der Waals surface area contributed by atoms with Crippen LogP contribution in [0.4, 0.5) is 8.78 Å². The maximum Gasteiger partial charge on any atom is 0.164 e. The zero-order chi connectivity index (χ0) is 13.3. The topological polar surface area (TPSA) is 20.2 Å². The van der Waals surface area contributed by atoms with Gasteiger partial charge in [-0.1, -0.05) is 40.2 Å². The third-order valence-electron chi connectivity index (χ3n) is 2.79. The van der Waals surface area contributed by atoms with Crippen molar-refractivity contribution in [2.75, 3.05) is 0 Å². The van der Waals surface area contributed by atoms with Crippen molar-refractivity contribution in [1.29, 1.82) is 0 Å². The summed E-state index contributed by atoms with van der Waals surface area (Å²) in [5.41, 5.74) is 1.45. The Morgan fingerprint density at radius 3 is 2.56 bits per heavy atom. The minimum absolute atomic E-state index is 0.0641. The highest BCUT2D eigenvalue weighted by atomic mass is 79.9. The predicted molar refractivity (Wildman–Crippen MR) is 69.3 cm³/mol. The number of aryl methyl sites for hydroxylation is 1. The van der Waals surface area contributed by atoms with Crippen molar-refractivity contribution in [3.63, 3.8) is 0 Å². The number of rotatable bonds is 2. The van der Waals surface area contributed by atoms with E-state index in [9.17, 15) is 13.9 Å². The van der Waals surface area contributed by atoms with Crippen molar-refractivity contribution in [3.8, 4) is 0 Å². The van der Waals surface area contributed by atoms with E-state index in [4.69, 9.17) is 0 Å². The quantitative estimate of drug-likeness (QED) is 0.884. The van der Waals surface area contributed by atoms with E-state index in [0.717, 1.165) is 16.1 Å². The molecule has 1 nitrogen and oxygen atoms in total. The van der Waals surface area contributed by atoms with Gasteiger partial charge < -0.3 is 5.11 Å². The van der Waals surface area contributed by atoms with Gasteiger partial charge in [0, 0.05) is 10.0 Å². The Hall–Kier alpha value is -1.26. The van der Waals surface area contributed by atoms with Crippen molar-refractivity contribution in [2.24, 2.45) is 0 Å². The fraction of sp³-hybridized carbons (Fsp3) is 0.143. The van der Waals surface area contributed by atoms with Crippen LogP contribution in [0.2, 0.25) is 0 Å². The molecule has 0 aliphatic heterocycles. The summed E-state index contributed by atoms with van der Waals surface area (Å²) in [5.74, 6) is -1.97. The molecule has 0 aliphatic carbocycles. The van der Waals surface area contributed by atoms with E-state index < -0.39 is 17.7 Å². The highest BCUT2D eigenvalue weighted by molar-refractivity contribution is 9.10. The molecular formula is C14H11BrF2O. The van der Waals surface area contributed by atoms with Crippen LogP contribution in [0.5, 0.6) is 0 Å². The standard InChI is InChI=1S/C14H11BrF2O/c1-8-5-6-9(7-11(8)15)14(18)10-3-2-4-12(16)13(10)17/h2-7,14,18H,1H3. The number of benzene rings is 2. The van der Waals surface area contributed by atoms with Gasteiger partial charge in [0.1, 0.15) is 6.10 Å². The molecule has 0 aliphatic rings. The van der Waals surface area contributed by atoms with Gasteiger partial charge in [-0.2, -0.15) is 0 Å². The first-order valence-electron chi connectivity index (χ1n) is 5.38. The summed E-state index contributed by atoms with van der Waals surface area (Å²) in [6.07, 6.45) is -1.18. The highest BCUT2D eigenvalue weighted by Crippen LogP contribution is 2.28. The summed E-state index contributed by atoms with van der Waals surface area (Å²) >= 11 is 3.34. The van der Waals surface area contributed by atoms with Crippen LogP contribution in [0.25, 0.3) is 0 Å². The van der Waals surface area contributed by atoms with Crippen molar-refractivity contribution in [3.05, 3.63) is 69.2 Å². The lowest BCUT2D eigenvalue weighted by atomic mass is 10.00. The van der Waals surface area contributed by atoms with Gasteiger partial charge in [-0.05, 0) is 30.2 Å². The summed E-state index contributed by atoms with van der Waals surface area (Å²) in [5, 5.41) is 10.1. The van der Waals surface area contributed by atoms with Crippen LogP contribution < -0.4 is 0 Å². The molecular weight excluding hydrogens is 302 g/mol. The molecule has 2 aromatic carbocycles.